The average molecular weight is 247 g/mol. The standard InChI is InChI=1S/C13H13NO2S/c1-3-8-14-13(16)10(2)17-12-6-4-11(9-15)5-7-12/h1,4-7,9-10H,8H2,2H3,(H,14,16). The van der Waals surface area contributed by atoms with E-state index >= 15 is 0 Å². The third kappa shape index (κ3) is 4.33. The number of carbonyl (C=O) groups is 2. The molecule has 88 valence electrons. The molecule has 0 saturated carbocycles. The number of hydrogen-bond acceptors (Lipinski definition) is 3. The molecule has 3 nitrogen and oxygen atoms in total. The Bertz CT molecular complexity index is 434. The maximum atomic E-state index is 11.5. The van der Waals surface area contributed by atoms with E-state index in [1.165, 1.54) is 11.8 Å². The number of nitrogens with one attached hydrogen (secondary N) is 1. The average Bonchev–Trinajstić information content (AvgIpc) is 2.36. The van der Waals surface area contributed by atoms with Gasteiger partial charge in [-0.05, 0) is 19.1 Å². The lowest BCUT2D eigenvalue weighted by atomic mass is 10.2. The zero-order chi connectivity index (χ0) is 12.7. The smallest absolute Gasteiger partial charge is 0.233 e. The number of hydrogen-bond donors (Lipinski definition) is 1. The van der Waals surface area contributed by atoms with E-state index in [2.05, 4.69) is 11.2 Å². The normalized spacial score (nSPS) is 11.3. The molecule has 1 aromatic carbocycles. The minimum atomic E-state index is -0.217. The van der Waals surface area contributed by atoms with Gasteiger partial charge in [0.15, 0.2) is 0 Å². The SMILES string of the molecule is C#CCNC(=O)C(C)Sc1ccc(C=O)cc1. The third-order valence-corrected chi connectivity index (χ3v) is 3.17. The Balaban J connectivity index is 2.55. The summed E-state index contributed by atoms with van der Waals surface area (Å²) in [7, 11) is 0. The predicted octanol–water partition coefficient (Wildman–Crippen LogP) is 1.73. The summed E-state index contributed by atoms with van der Waals surface area (Å²) in [5.74, 6) is 2.26. The van der Waals surface area contributed by atoms with Crippen LogP contribution in [0, 0.1) is 12.3 Å². The molecular weight excluding hydrogens is 234 g/mol. The highest BCUT2D eigenvalue weighted by Crippen LogP contribution is 2.23. The monoisotopic (exact) mass is 247 g/mol. The van der Waals surface area contributed by atoms with Crippen LogP contribution < -0.4 is 5.32 Å². The van der Waals surface area contributed by atoms with Crippen molar-refractivity contribution in [3.8, 4) is 12.3 Å². The molecular formula is C13H13NO2S. The van der Waals surface area contributed by atoms with E-state index in [-0.39, 0.29) is 17.7 Å². The molecule has 17 heavy (non-hydrogen) atoms. The van der Waals surface area contributed by atoms with Crippen molar-refractivity contribution in [1.29, 1.82) is 0 Å². The van der Waals surface area contributed by atoms with E-state index in [0.29, 0.717) is 5.56 Å². The largest absolute Gasteiger partial charge is 0.344 e. The maximum Gasteiger partial charge on any atom is 0.233 e. The van der Waals surface area contributed by atoms with E-state index in [0.717, 1.165) is 11.2 Å². The van der Waals surface area contributed by atoms with Crippen molar-refractivity contribution in [2.45, 2.75) is 17.1 Å². The number of rotatable bonds is 5. The predicted molar refractivity (Wildman–Crippen MR) is 69.0 cm³/mol. The molecule has 1 atom stereocenters. The van der Waals surface area contributed by atoms with Gasteiger partial charge in [0.2, 0.25) is 5.91 Å². The summed E-state index contributed by atoms with van der Waals surface area (Å²) in [6, 6.07) is 7.08. The first kappa shape index (κ1) is 13.3. The van der Waals surface area contributed by atoms with Crippen molar-refractivity contribution >= 4 is 24.0 Å². The van der Waals surface area contributed by atoms with Gasteiger partial charge in [0.1, 0.15) is 6.29 Å². The Morgan fingerprint density at radius 2 is 2.18 bits per heavy atom. The summed E-state index contributed by atoms with van der Waals surface area (Å²) in [5.41, 5.74) is 0.624. The molecule has 0 fully saturated rings. The molecule has 0 bridgehead atoms. The third-order valence-electron chi connectivity index (χ3n) is 2.06. The van der Waals surface area contributed by atoms with Crippen molar-refractivity contribution < 1.29 is 9.59 Å². The lowest BCUT2D eigenvalue weighted by Crippen LogP contribution is -2.30. The molecule has 0 radical (unpaired) electrons. The number of terminal acetylenes is 1. The fourth-order valence-corrected chi connectivity index (χ4v) is 2.06. The van der Waals surface area contributed by atoms with Crippen molar-refractivity contribution in [1.82, 2.24) is 5.32 Å². The molecule has 1 amide bonds. The lowest BCUT2D eigenvalue weighted by molar-refractivity contribution is -0.120. The Morgan fingerprint density at radius 3 is 2.71 bits per heavy atom. The fourth-order valence-electron chi connectivity index (χ4n) is 1.16. The van der Waals surface area contributed by atoms with E-state index < -0.39 is 0 Å². The molecule has 1 N–H and O–H groups in total. The van der Waals surface area contributed by atoms with Crippen molar-refractivity contribution in [3.63, 3.8) is 0 Å². The van der Waals surface area contributed by atoms with Crippen LogP contribution in [0.5, 0.6) is 0 Å². The number of carbonyl (C=O) groups excluding carboxylic acids is 2. The zero-order valence-corrected chi connectivity index (χ0v) is 10.3. The van der Waals surface area contributed by atoms with Gasteiger partial charge in [-0.15, -0.1) is 18.2 Å². The van der Waals surface area contributed by atoms with Gasteiger partial charge in [-0.3, -0.25) is 9.59 Å². The molecule has 0 saturated heterocycles. The van der Waals surface area contributed by atoms with Crippen LogP contribution in [0.15, 0.2) is 29.2 Å². The minimum absolute atomic E-state index is 0.0904. The second kappa shape index (κ2) is 6.77. The molecule has 0 heterocycles. The van der Waals surface area contributed by atoms with Crippen LogP contribution in [-0.2, 0) is 4.79 Å². The molecule has 1 aromatic rings. The second-order valence-electron chi connectivity index (χ2n) is 3.37. The first-order valence-corrected chi connectivity index (χ1v) is 5.98. The zero-order valence-electron chi connectivity index (χ0n) is 9.47. The highest BCUT2D eigenvalue weighted by molar-refractivity contribution is 8.00. The molecule has 0 aliphatic rings. The van der Waals surface area contributed by atoms with Crippen LogP contribution in [0.4, 0.5) is 0 Å². The molecule has 0 aliphatic heterocycles. The van der Waals surface area contributed by atoms with E-state index in [9.17, 15) is 9.59 Å². The molecule has 1 unspecified atom stereocenters. The molecule has 0 spiro atoms. The van der Waals surface area contributed by atoms with Gasteiger partial charge in [0.05, 0.1) is 11.8 Å². The van der Waals surface area contributed by atoms with Gasteiger partial charge >= 0.3 is 0 Å². The Morgan fingerprint density at radius 1 is 1.53 bits per heavy atom. The summed E-state index contributed by atoms with van der Waals surface area (Å²) >= 11 is 1.42. The van der Waals surface area contributed by atoms with E-state index in [1.54, 1.807) is 12.1 Å². The summed E-state index contributed by atoms with van der Waals surface area (Å²) in [6.45, 7) is 2.05. The molecule has 1 rings (SSSR count). The van der Waals surface area contributed by atoms with Gasteiger partial charge in [-0.2, -0.15) is 0 Å². The highest BCUT2D eigenvalue weighted by Gasteiger charge is 2.13. The van der Waals surface area contributed by atoms with E-state index in [4.69, 9.17) is 6.42 Å². The molecule has 4 heteroatoms. The van der Waals surface area contributed by atoms with Crippen LogP contribution >= 0.6 is 11.8 Å². The quantitative estimate of drug-likeness (QED) is 0.489. The Kier molecular flexibility index (Phi) is 5.31. The molecule has 0 aliphatic carbocycles. The van der Waals surface area contributed by atoms with Crippen molar-refractivity contribution in [2.24, 2.45) is 0 Å². The van der Waals surface area contributed by atoms with Crippen LogP contribution in [0.2, 0.25) is 0 Å². The number of benzene rings is 1. The highest BCUT2D eigenvalue weighted by atomic mass is 32.2. The van der Waals surface area contributed by atoms with E-state index in [1.807, 2.05) is 19.1 Å². The van der Waals surface area contributed by atoms with Crippen LogP contribution in [-0.4, -0.2) is 24.0 Å². The minimum Gasteiger partial charge on any atom is -0.344 e. The van der Waals surface area contributed by atoms with Crippen molar-refractivity contribution in [2.75, 3.05) is 6.54 Å². The summed E-state index contributed by atoms with van der Waals surface area (Å²) in [6.07, 6.45) is 5.85. The van der Waals surface area contributed by atoms with Gasteiger partial charge in [0, 0.05) is 10.5 Å². The summed E-state index contributed by atoms with van der Waals surface area (Å²) in [5, 5.41) is 2.41. The maximum absolute atomic E-state index is 11.5. The second-order valence-corrected chi connectivity index (χ2v) is 4.78. The Hall–Kier alpha value is -1.73. The first-order valence-electron chi connectivity index (χ1n) is 5.10. The number of amides is 1. The van der Waals surface area contributed by atoms with Crippen LogP contribution in [0.3, 0.4) is 0 Å². The summed E-state index contributed by atoms with van der Waals surface area (Å²) in [4.78, 5) is 23.0. The van der Waals surface area contributed by atoms with Gasteiger partial charge in [-0.1, -0.05) is 18.1 Å². The fraction of sp³-hybridized carbons (Fsp3) is 0.231. The first-order chi connectivity index (χ1) is 8.17. The number of aldehydes is 1. The van der Waals surface area contributed by atoms with Crippen LogP contribution in [0.1, 0.15) is 17.3 Å². The van der Waals surface area contributed by atoms with Crippen LogP contribution in [0.25, 0.3) is 0 Å². The Labute approximate surface area is 105 Å². The summed E-state index contributed by atoms with van der Waals surface area (Å²) < 4.78 is 0. The number of thioether (sulfide) groups is 1. The van der Waals surface area contributed by atoms with Crippen molar-refractivity contribution in [3.05, 3.63) is 29.8 Å². The lowest BCUT2D eigenvalue weighted by Gasteiger charge is -2.10. The van der Waals surface area contributed by atoms with Gasteiger partial charge < -0.3 is 5.32 Å². The van der Waals surface area contributed by atoms with Gasteiger partial charge in [0.25, 0.3) is 0 Å². The van der Waals surface area contributed by atoms with Gasteiger partial charge in [-0.25, -0.2) is 0 Å². The molecule has 0 aromatic heterocycles. The topological polar surface area (TPSA) is 46.2 Å².